The first-order valence-corrected chi connectivity index (χ1v) is 9.35. The highest BCUT2D eigenvalue weighted by Gasteiger charge is 2.31. The fourth-order valence-electron chi connectivity index (χ4n) is 2.84. The molecule has 10 heteroatoms. The first-order valence-electron chi connectivity index (χ1n) is 9.35. The fraction of sp³-hybridized carbons (Fsp3) is 0.238. The van der Waals surface area contributed by atoms with Crippen LogP contribution in [0.4, 0.5) is 24.5 Å². The maximum Gasteiger partial charge on any atom is 0.416 e. The monoisotopic (exact) mass is 432 g/mol. The lowest BCUT2D eigenvalue weighted by atomic mass is 10.1. The molecule has 0 bridgehead atoms. The van der Waals surface area contributed by atoms with Crippen LogP contribution in [0.1, 0.15) is 24.0 Å². The summed E-state index contributed by atoms with van der Waals surface area (Å²) in [6.45, 7) is 1.38. The molecule has 162 valence electrons. The summed E-state index contributed by atoms with van der Waals surface area (Å²) < 4.78 is 38.4. The molecule has 0 saturated heterocycles. The number of hydrogen-bond acceptors (Lipinski definition) is 4. The van der Waals surface area contributed by atoms with Crippen molar-refractivity contribution in [2.24, 2.45) is 5.10 Å². The summed E-state index contributed by atoms with van der Waals surface area (Å²) in [7, 11) is 0. The summed E-state index contributed by atoms with van der Waals surface area (Å²) in [5.41, 5.74) is 0.686. The second-order valence-electron chi connectivity index (χ2n) is 6.94. The third-order valence-corrected chi connectivity index (χ3v) is 4.44. The summed E-state index contributed by atoms with van der Waals surface area (Å²) in [5.74, 6) is -1.71. The normalized spacial score (nSPS) is 14.1. The van der Waals surface area contributed by atoms with Crippen molar-refractivity contribution in [2.45, 2.75) is 25.9 Å². The van der Waals surface area contributed by atoms with Gasteiger partial charge in [0, 0.05) is 24.2 Å². The van der Waals surface area contributed by atoms with E-state index in [1.807, 2.05) is 19.1 Å². The molecule has 0 fully saturated rings. The van der Waals surface area contributed by atoms with Gasteiger partial charge in [-0.2, -0.15) is 18.3 Å². The molecule has 2 aromatic rings. The van der Waals surface area contributed by atoms with Crippen LogP contribution in [0.25, 0.3) is 0 Å². The Hall–Kier alpha value is -3.69. The number of halogens is 3. The summed E-state index contributed by atoms with van der Waals surface area (Å²) in [4.78, 5) is 36.7. The van der Waals surface area contributed by atoms with Crippen LogP contribution in [-0.4, -0.2) is 35.0 Å². The number of carbonyl (C=O) groups is 3. The summed E-state index contributed by atoms with van der Waals surface area (Å²) in [5, 5.41) is 9.79. The average Bonchev–Trinajstić information content (AvgIpc) is 2.71. The van der Waals surface area contributed by atoms with E-state index in [4.69, 9.17) is 0 Å². The van der Waals surface area contributed by atoms with Crippen LogP contribution >= 0.6 is 0 Å². The smallest absolute Gasteiger partial charge is 0.324 e. The molecule has 2 N–H and O–H groups in total. The summed E-state index contributed by atoms with van der Waals surface area (Å²) >= 11 is 0. The minimum absolute atomic E-state index is 0.0169. The van der Waals surface area contributed by atoms with Gasteiger partial charge in [0.1, 0.15) is 12.3 Å². The number of rotatable bonds is 5. The third-order valence-electron chi connectivity index (χ3n) is 4.44. The number of hydrogen-bond donors (Lipinski definition) is 2. The quantitative estimate of drug-likeness (QED) is 0.757. The van der Waals surface area contributed by atoms with Crippen LogP contribution in [0.5, 0.6) is 0 Å². The largest absolute Gasteiger partial charge is 0.416 e. The zero-order valence-electron chi connectivity index (χ0n) is 16.5. The maximum absolute atomic E-state index is 12.8. The Bertz CT molecular complexity index is 1030. The standard InChI is InChI=1S/C21H19F3N4O3/c1-13-5-7-15(8-6-13)26-20(31)17-9-10-19(30)28(27-17)12-18(29)25-16-4-2-3-14(11-16)21(22,23)24/h2-8,11H,9-10,12H2,1H3,(H,25,29)(H,26,31). The van der Waals surface area contributed by atoms with Crippen molar-refractivity contribution in [3.8, 4) is 0 Å². The SMILES string of the molecule is Cc1ccc(NC(=O)C2=NN(CC(=O)Nc3cccc(C(F)(F)F)c3)C(=O)CC2)cc1. The lowest BCUT2D eigenvalue weighted by Crippen LogP contribution is -2.40. The molecule has 0 aromatic heterocycles. The van der Waals surface area contributed by atoms with Crippen LogP contribution in [0.15, 0.2) is 53.6 Å². The van der Waals surface area contributed by atoms with E-state index in [2.05, 4.69) is 15.7 Å². The van der Waals surface area contributed by atoms with Crippen LogP contribution < -0.4 is 10.6 Å². The molecule has 0 atom stereocenters. The molecule has 1 aliphatic heterocycles. The Labute approximate surface area is 175 Å². The lowest BCUT2D eigenvalue weighted by Gasteiger charge is -2.22. The number of benzene rings is 2. The van der Waals surface area contributed by atoms with Crippen LogP contribution in [-0.2, 0) is 20.6 Å². The number of carbonyl (C=O) groups excluding carboxylic acids is 3. The van der Waals surface area contributed by atoms with Gasteiger partial charge in [-0.15, -0.1) is 0 Å². The molecule has 0 aliphatic carbocycles. The van der Waals surface area contributed by atoms with Crippen molar-refractivity contribution in [3.05, 3.63) is 59.7 Å². The van der Waals surface area contributed by atoms with Crippen molar-refractivity contribution in [1.29, 1.82) is 0 Å². The molecule has 1 heterocycles. The Morgan fingerprint density at radius 1 is 1.03 bits per heavy atom. The maximum atomic E-state index is 12.8. The Kier molecular flexibility index (Phi) is 6.38. The van der Waals surface area contributed by atoms with Crippen molar-refractivity contribution >= 4 is 34.8 Å². The van der Waals surface area contributed by atoms with Crippen LogP contribution in [0, 0.1) is 6.92 Å². The van der Waals surface area contributed by atoms with Crippen molar-refractivity contribution in [3.63, 3.8) is 0 Å². The van der Waals surface area contributed by atoms with Gasteiger partial charge in [0.2, 0.25) is 11.8 Å². The molecule has 3 amide bonds. The minimum Gasteiger partial charge on any atom is -0.324 e. The molecule has 0 unspecified atom stereocenters. The van der Waals surface area contributed by atoms with Crippen LogP contribution in [0.3, 0.4) is 0 Å². The van der Waals surface area contributed by atoms with Gasteiger partial charge in [0.15, 0.2) is 0 Å². The molecule has 0 radical (unpaired) electrons. The minimum atomic E-state index is -4.55. The van der Waals surface area contributed by atoms with E-state index < -0.39 is 36.0 Å². The molecular weight excluding hydrogens is 413 g/mol. The molecule has 31 heavy (non-hydrogen) atoms. The van der Waals surface area contributed by atoms with Gasteiger partial charge >= 0.3 is 6.18 Å². The number of hydrazone groups is 1. The number of anilines is 2. The average molecular weight is 432 g/mol. The highest BCUT2D eigenvalue weighted by atomic mass is 19.4. The molecule has 2 aromatic carbocycles. The number of aryl methyl sites for hydroxylation is 1. The summed E-state index contributed by atoms with van der Waals surface area (Å²) in [6.07, 6.45) is -4.45. The van der Waals surface area contributed by atoms with Crippen molar-refractivity contribution in [2.75, 3.05) is 17.2 Å². The van der Waals surface area contributed by atoms with Crippen LogP contribution in [0.2, 0.25) is 0 Å². The molecule has 3 rings (SSSR count). The first kappa shape index (κ1) is 22.0. The van der Waals surface area contributed by atoms with E-state index in [1.54, 1.807) is 12.1 Å². The molecule has 7 nitrogen and oxygen atoms in total. The van der Waals surface area contributed by atoms with Gasteiger partial charge in [-0.25, -0.2) is 5.01 Å². The highest BCUT2D eigenvalue weighted by molar-refractivity contribution is 6.43. The van der Waals surface area contributed by atoms with Gasteiger partial charge in [0.05, 0.1) is 5.56 Å². The molecule has 1 aliphatic rings. The van der Waals surface area contributed by atoms with Gasteiger partial charge in [-0.1, -0.05) is 23.8 Å². The van der Waals surface area contributed by atoms with E-state index in [-0.39, 0.29) is 24.2 Å². The fourth-order valence-corrected chi connectivity index (χ4v) is 2.84. The molecular formula is C21H19F3N4O3. The predicted octanol–water partition coefficient (Wildman–Crippen LogP) is 3.57. The Morgan fingerprint density at radius 2 is 1.74 bits per heavy atom. The number of nitrogens with one attached hydrogen (secondary N) is 2. The number of amides is 3. The van der Waals surface area contributed by atoms with Gasteiger partial charge in [0.25, 0.3) is 5.91 Å². The zero-order chi connectivity index (χ0) is 22.6. The summed E-state index contributed by atoms with van der Waals surface area (Å²) in [6, 6.07) is 11.2. The van der Waals surface area contributed by atoms with E-state index in [9.17, 15) is 27.6 Å². The number of nitrogens with zero attached hydrogens (tertiary/aromatic N) is 2. The number of alkyl halides is 3. The van der Waals surface area contributed by atoms with Crippen molar-refractivity contribution in [1.82, 2.24) is 5.01 Å². The lowest BCUT2D eigenvalue weighted by molar-refractivity contribution is -0.137. The van der Waals surface area contributed by atoms with E-state index in [1.165, 1.54) is 6.07 Å². The second kappa shape index (κ2) is 8.99. The van der Waals surface area contributed by atoms with E-state index in [0.29, 0.717) is 5.69 Å². The van der Waals surface area contributed by atoms with Gasteiger partial charge in [-0.05, 0) is 37.3 Å². The Balaban J connectivity index is 1.65. The topological polar surface area (TPSA) is 90.9 Å². The highest BCUT2D eigenvalue weighted by Crippen LogP contribution is 2.30. The van der Waals surface area contributed by atoms with Gasteiger partial charge < -0.3 is 10.6 Å². The third kappa shape index (κ3) is 5.91. The predicted molar refractivity (Wildman–Crippen MR) is 108 cm³/mol. The zero-order valence-corrected chi connectivity index (χ0v) is 16.5. The van der Waals surface area contributed by atoms with Gasteiger partial charge in [-0.3, -0.25) is 14.4 Å². The molecule has 0 saturated carbocycles. The Morgan fingerprint density at radius 3 is 2.42 bits per heavy atom. The van der Waals surface area contributed by atoms with E-state index >= 15 is 0 Å². The second-order valence-corrected chi connectivity index (χ2v) is 6.94. The van der Waals surface area contributed by atoms with E-state index in [0.717, 1.165) is 28.8 Å². The molecule has 0 spiro atoms. The van der Waals surface area contributed by atoms with Crippen molar-refractivity contribution < 1.29 is 27.6 Å². The first-order chi connectivity index (χ1) is 14.6.